The molecule has 0 fully saturated rings. The maximum Gasteiger partial charge on any atom is 0.343 e. The topological polar surface area (TPSA) is 140 Å². The van der Waals surface area contributed by atoms with Crippen LogP contribution >= 0.6 is 11.6 Å². The number of nitro groups is 1. The minimum Gasteiger partial charge on any atom is -0.422 e. The largest absolute Gasteiger partial charge is 0.422 e. The van der Waals surface area contributed by atoms with Crippen LogP contribution in [0.4, 0.5) is 11.4 Å². The highest BCUT2D eigenvalue weighted by molar-refractivity contribution is 6.31. The molecule has 2 N–H and O–H groups in total. The number of benzene rings is 3. The number of non-ortho nitro benzene ring substituents is 1. The number of amides is 2. The van der Waals surface area contributed by atoms with Gasteiger partial charge in [-0.25, -0.2) is 10.2 Å². The van der Waals surface area contributed by atoms with Crippen molar-refractivity contribution in [2.45, 2.75) is 6.92 Å². The zero-order valence-electron chi connectivity index (χ0n) is 17.7. The van der Waals surface area contributed by atoms with Crippen molar-refractivity contribution in [1.82, 2.24) is 5.43 Å². The molecule has 0 aromatic heterocycles. The van der Waals surface area contributed by atoms with Crippen LogP contribution in [0, 0.1) is 10.1 Å². The van der Waals surface area contributed by atoms with Gasteiger partial charge in [-0.05, 0) is 54.6 Å². The average molecular weight is 481 g/mol. The molecular weight excluding hydrogens is 464 g/mol. The lowest BCUT2D eigenvalue weighted by Crippen LogP contribution is -2.18. The molecule has 2 amide bonds. The first-order valence-electron chi connectivity index (χ1n) is 9.70. The summed E-state index contributed by atoms with van der Waals surface area (Å²) in [6.45, 7) is 1.38. The summed E-state index contributed by atoms with van der Waals surface area (Å²) in [6, 6.07) is 15.6. The normalized spacial score (nSPS) is 10.5. The van der Waals surface area contributed by atoms with Gasteiger partial charge in [0.15, 0.2) is 0 Å². The molecule has 0 radical (unpaired) electrons. The third kappa shape index (κ3) is 6.47. The molecule has 3 aromatic carbocycles. The molecule has 0 aliphatic rings. The number of carbonyl (C=O) groups is 3. The lowest BCUT2D eigenvalue weighted by Gasteiger charge is -2.08. The van der Waals surface area contributed by atoms with Gasteiger partial charge < -0.3 is 10.1 Å². The van der Waals surface area contributed by atoms with Crippen LogP contribution in [-0.4, -0.2) is 28.9 Å². The second-order valence-corrected chi connectivity index (χ2v) is 7.27. The Bertz CT molecular complexity index is 1270. The highest BCUT2D eigenvalue weighted by Gasteiger charge is 2.14. The van der Waals surface area contributed by atoms with Crippen molar-refractivity contribution in [2.24, 2.45) is 5.10 Å². The smallest absolute Gasteiger partial charge is 0.343 e. The number of hydrogen-bond donors (Lipinski definition) is 2. The summed E-state index contributed by atoms with van der Waals surface area (Å²) in [5, 5.41) is 17.6. The van der Waals surface area contributed by atoms with Gasteiger partial charge in [0.1, 0.15) is 5.75 Å². The van der Waals surface area contributed by atoms with E-state index in [9.17, 15) is 24.5 Å². The van der Waals surface area contributed by atoms with E-state index in [1.807, 2.05) is 0 Å². The van der Waals surface area contributed by atoms with Crippen LogP contribution in [0.1, 0.15) is 33.2 Å². The highest BCUT2D eigenvalue weighted by Crippen LogP contribution is 2.23. The van der Waals surface area contributed by atoms with E-state index in [2.05, 4.69) is 15.8 Å². The molecule has 0 atom stereocenters. The number of esters is 1. The first-order chi connectivity index (χ1) is 16.2. The summed E-state index contributed by atoms with van der Waals surface area (Å²) in [6.07, 6.45) is 1.26. The van der Waals surface area contributed by atoms with Crippen LogP contribution in [0.25, 0.3) is 0 Å². The van der Waals surface area contributed by atoms with E-state index >= 15 is 0 Å². The predicted octanol–water partition coefficient (Wildman–Crippen LogP) is 4.19. The van der Waals surface area contributed by atoms with Crippen molar-refractivity contribution < 1.29 is 24.0 Å². The van der Waals surface area contributed by atoms with Crippen LogP contribution in [0.5, 0.6) is 5.75 Å². The summed E-state index contributed by atoms with van der Waals surface area (Å²) in [7, 11) is 0. The van der Waals surface area contributed by atoms with E-state index in [-0.39, 0.29) is 22.9 Å². The lowest BCUT2D eigenvalue weighted by molar-refractivity contribution is -0.384. The van der Waals surface area contributed by atoms with Crippen molar-refractivity contribution in [3.05, 3.63) is 98.6 Å². The Labute approximate surface area is 198 Å². The fourth-order valence-corrected chi connectivity index (χ4v) is 2.90. The zero-order valence-corrected chi connectivity index (χ0v) is 18.4. The number of nitrogens with zero attached hydrogens (tertiary/aromatic N) is 2. The molecule has 0 unspecified atom stereocenters. The van der Waals surface area contributed by atoms with Crippen LogP contribution in [-0.2, 0) is 4.79 Å². The summed E-state index contributed by atoms with van der Waals surface area (Å²) >= 11 is 6.02. The first kappa shape index (κ1) is 24.1. The van der Waals surface area contributed by atoms with E-state index in [1.54, 1.807) is 12.1 Å². The van der Waals surface area contributed by atoms with Gasteiger partial charge in [-0.15, -0.1) is 0 Å². The van der Waals surface area contributed by atoms with Gasteiger partial charge in [-0.2, -0.15) is 5.10 Å². The summed E-state index contributed by atoms with van der Waals surface area (Å²) in [4.78, 5) is 46.0. The molecule has 0 saturated carbocycles. The Morgan fingerprint density at radius 2 is 1.65 bits per heavy atom. The summed E-state index contributed by atoms with van der Waals surface area (Å²) in [5.41, 5.74) is 3.47. The summed E-state index contributed by atoms with van der Waals surface area (Å²) in [5.74, 6) is -1.36. The molecule has 0 spiro atoms. The van der Waals surface area contributed by atoms with E-state index < -0.39 is 16.8 Å². The standard InChI is InChI=1S/C23H17ClN4O6/c1-14(29)26-19-7-2-15(3-8-19)22(30)27-25-13-17-12-18(24)6-11-21(17)34-23(31)16-4-9-20(10-5-16)28(32)33/h2-13H,1H3,(H,26,29)(H,27,30)/b25-13+. The monoisotopic (exact) mass is 480 g/mol. The van der Waals surface area contributed by atoms with Crippen molar-refractivity contribution in [3.63, 3.8) is 0 Å². The van der Waals surface area contributed by atoms with Gasteiger partial charge in [0.25, 0.3) is 11.6 Å². The quantitative estimate of drug-likeness (QED) is 0.171. The van der Waals surface area contributed by atoms with Crippen molar-refractivity contribution in [2.75, 3.05) is 5.32 Å². The van der Waals surface area contributed by atoms with Crippen molar-refractivity contribution >= 4 is 47.0 Å². The number of hydrazone groups is 1. The molecule has 0 aliphatic heterocycles. The molecule has 10 nitrogen and oxygen atoms in total. The number of halogens is 1. The second-order valence-electron chi connectivity index (χ2n) is 6.83. The Morgan fingerprint density at radius 1 is 1.00 bits per heavy atom. The van der Waals surface area contributed by atoms with Gasteiger partial charge in [0, 0.05) is 40.9 Å². The SMILES string of the molecule is CC(=O)Nc1ccc(C(=O)N/N=C/c2cc(Cl)ccc2OC(=O)c2ccc([N+](=O)[O-])cc2)cc1. The number of carbonyl (C=O) groups excluding carboxylic acids is 3. The van der Waals surface area contributed by atoms with Crippen LogP contribution in [0.2, 0.25) is 5.02 Å². The van der Waals surface area contributed by atoms with Gasteiger partial charge in [-0.3, -0.25) is 19.7 Å². The number of nitro benzene ring substituents is 1. The third-order valence-electron chi connectivity index (χ3n) is 4.33. The first-order valence-corrected chi connectivity index (χ1v) is 10.1. The van der Waals surface area contributed by atoms with E-state index in [0.29, 0.717) is 21.8 Å². The van der Waals surface area contributed by atoms with Gasteiger partial charge >= 0.3 is 5.97 Å². The van der Waals surface area contributed by atoms with Crippen LogP contribution in [0.3, 0.4) is 0 Å². The fourth-order valence-electron chi connectivity index (χ4n) is 2.72. The maximum absolute atomic E-state index is 12.4. The van der Waals surface area contributed by atoms with Crippen LogP contribution < -0.4 is 15.5 Å². The maximum atomic E-state index is 12.4. The molecular formula is C23H17ClN4O6. The number of nitrogens with one attached hydrogen (secondary N) is 2. The summed E-state index contributed by atoms with van der Waals surface area (Å²) < 4.78 is 5.37. The Balaban J connectivity index is 1.69. The van der Waals surface area contributed by atoms with E-state index in [1.165, 1.54) is 67.7 Å². The molecule has 0 saturated heterocycles. The minimum absolute atomic E-state index is 0.111. The molecule has 0 aliphatic carbocycles. The van der Waals surface area contributed by atoms with Crippen molar-refractivity contribution in [3.8, 4) is 5.75 Å². The molecule has 0 heterocycles. The molecule has 3 aromatic rings. The Morgan fingerprint density at radius 3 is 2.26 bits per heavy atom. The van der Waals surface area contributed by atoms with Gasteiger partial charge in [-0.1, -0.05) is 11.6 Å². The molecule has 0 bridgehead atoms. The van der Waals surface area contributed by atoms with Crippen molar-refractivity contribution in [1.29, 1.82) is 0 Å². The second kappa shape index (κ2) is 10.8. The zero-order chi connectivity index (χ0) is 24.7. The van der Waals surface area contributed by atoms with Crippen LogP contribution in [0.15, 0.2) is 71.8 Å². The number of anilines is 1. The molecule has 172 valence electrons. The predicted molar refractivity (Wildman–Crippen MR) is 125 cm³/mol. The van der Waals surface area contributed by atoms with Gasteiger partial charge in [0.2, 0.25) is 5.91 Å². The van der Waals surface area contributed by atoms with Gasteiger partial charge in [0.05, 0.1) is 16.7 Å². The van der Waals surface area contributed by atoms with E-state index in [4.69, 9.17) is 16.3 Å². The Kier molecular flexibility index (Phi) is 7.67. The molecule has 34 heavy (non-hydrogen) atoms. The minimum atomic E-state index is -0.741. The average Bonchev–Trinajstić information content (AvgIpc) is 2.80. The Hall–Kier alpha value is -4.57. The highest BCUT2D eigenvalue weighted by atomic mass is 35.5. The number of rotatable bonds is 7. The fraction of sp³-hybridized carbons (Fsp3) is 0.0435. The molecule has 11 heteroatoms. The lowest BCUT2D eigenvalue weighted by atomic mass is 10.2. The van der Waals surface area contributed by atoms with E-state index in [0.717, 1.165) is 0 Å². The molecule has 3 rings (SSSR count). The number of hydrogen-bond acceptors (Lipinski definition) is 7. The third-order valence-corrected chi connectivity index (χ3v) is 4.56. The number of ether oxygens (including phenoxy) is 1.